The van der Waals surface area contributed by atoms with Crippen LogP contribution in [0.2, 0.25) is 0 Å². The van der Waals surface area contributed by atoms with Gasteiger partial charge in [0, 0.05) is 0 Å². The van der Waals surface area contributed by atoms with Crippen molar-refractivity contribution in [2.45, 2.75) is 5.25 Å². The Morgan fingerprint density at radius 2 is 2.75 bits per heavy atom. The molecule has 0 aromatic heterocycles. The van der Waals surface area contributed by atoms with E-state index >= 15 is 0 Å². The summed E-state index contributed by atoms with van der Waals surface area (Å²) in [7, 11) is 0. The summed E-state index contributed by atoms with van der Waals surface area (Å²) >= 11 is 1.44. The Kier molecular flexibility index (Phi) is 1.75. The minimum atomic E-state index is 0.175. The first kappa shape index (κ1) is 5.91. The Bertz CT molecular complexity index is 115. The third-order valence-electron chi connectivity index (χ3n) is 0.942. The van der Waals surface area contributed by atoms with Gasteiger partial charge in [-0.05, 0) is 0 Å². The molecule has 0 spiro atoms. The molecule has 0 amide bonds. The number of rotatable bonds is 1. The highest BCUT2D eigenvalue weighted by molar-refractivity contribution is 8.14. The molecule has 1 heterocycles. The predicted octanol–water partition coefficient (Wildman–Crippen LogP) is -0.591. The van der Waals surface area contributed by atoms with E-state index in [9.17, 15) is 0 Å². The van der Waals surface area contributed by atoms with Gasteiger partial charge < -0.3 is 10.8 Å². The fourth-order valence-electron chi connectivity index (χ4n) is 0.532. The summed E-state index contributed by atoms with van der Waals surface area (Å²) in [5.74, 6) is 0. The van der Waals surface area contributed by atoms with E-state index in [-0.39, 0.29) is 11.9 Å². The van der Waals surface area contributed by atoms with Gasteiger partial charge in [0.1, 0.15) is 0 Å². The number of hydrogen-bond donors (Lipinski definition) is 2. The second-order valence-electron chi connectivity index (χ2n) is 1.60. The zero-order chi connectivity index (χ0) is 5.98. The minimum absolute atomic E-state index is 0.175. The maximum Gasteiger partial charge on any atom is 0.154 e. The topological polar surface area (TPSA) is 58.6 Å². The SMILES string of the molecule is NC1=NCC(CO)S1. The van der Waals surface area contributed by atoms with Crippen LogP contribution in [0.3, 0.4) is 0 Å². The third kappa shape index (κ3) is 1.14. The Balaban J connectivity index is 2.32. The maximum atomic E-state index is 8.53. The van der Waals surface area contributed by atoms with Gasteiger partial charge in [-0.3, -0.25) is 4.99 Å². The first-order valence-corrected chi connectivity index (χ1v) is 3.28. The van der Waals surface area contributed by atoms with E-state index in [4.69, 9.17) is 10.8 Å². The highest BCUT2D eigenvalue weighted by atomic mass is 32.2. The van der Waals surface area contributed by atoms with Crippen LogP contribution in [0.5, 0.6) is 0 Å². The number of nitrogens with two attached hydrogens (primary N) is 1. The number of nitrogens with zero attached hydrogens (tertiary/aromatic N) is 1. The number of aliphatic hydroxyl groups is 1. The summed E-state index contributed by atoms with van der Waals surface area (Å²) in [5, 5.41) is 9.35. The van der Waals surface area contributed by atoms with Crippen LogP contribution >= 0.6 is 11.8 Å². The normalized spacial score (nSPS) is 28.1. The fourth-order valence-corrected chi connectivity index (χ4v) is 1.25. The lowest BCUT2D eigenvalue weighted by Crippen LogP contribution is -2.10. The fraction of sp³-hybridized carbons (Fsp3) is 0.750. The van der Waals surface area contributed by atoms with E-state index in [1.807, 2.05) is 0 Å². The highest BCUT2D eigenvalue weighted by Crippen LogP contribution is 2.16. The molecular formula is C4H8N2OS. The van der Waals surface area contributed by atoms with Crippen molar-refractivity contribution in [2.75, 3.05) is 13.2 Å². The van der Waals surface area contributed by atoms with Crippen LogP contribution in [0.25, 0.3) is 0 Å². The molecule has 0 saturated carbocycles. The molecule has 1 rings (SSSR count). The molecular weight excluding hydrogens is 124 g/mol. The lowest BCUT2D eigenvalue weighted by Gasteiger charge is -1.98. The molecule has 0 aromatic carbocycles. The van der Waals surface area contributed by atoms with E-state index in [0.717, 1.165) is 0 Å². The molecule has 0 aliphatic carbocycles. The van der Waals surface area contributed by atoms with Crippen LogP contribution < -0.4 is 5.73 Å². The quantitative estimate of drug-likeness (QED) is 0.501. The summed E-state index contributed by atoms with van der Waals surface area (Å²) < 4.78 is 0. The Hall–Kier alpha value is -0.220. The van der Waals surface area contributed by atoms with Crippen LogP contribution in [-0.2, 0) is 0 Å². The average Bonchev–Trinajstić information content (AvgIpc) is 2.14. The molecule has 0 fully saturated rings. The Morgan fingerprint density at radius 3 is 3.00 bits per heavy atom. The second kappa shape index (κ2) is 2.37. The van der Waals surface area contributed by atoms with Gasteiger partial charge in [0.05, 0.1) is 18.4 Å². The van der Waals surface area contributed by atoms with Crippen molar-refractivity contribution in [2.24, 2.45) is 10.7 Å². The van der Waals surface area contributed by atoms with Gasteiger partial charge in [-0.2, -0.15) is 0 Å². The molecule has 0 aromatic rings. The Morgan fingerprint density at radius 1 is 2.00 bits per heavy atom. The monoisotopic (exact) mass is 132 g/mol. The van der Waals surface area contributed by atoms with Gasteiger partial charge in [-0.15, -0.1) is 0 Å². The molecule has 8 heavy (non-hydrogen) atoms. The number of aliphatic imine (C=N–C) groups is 1. The third-order valence-corrected chi connectivity index (χ3v) is 1.94. The zero-order valence-electron chi connectivity index (χ0n) is 4.37. The standard InChI is InChI=1S/C4H8N2OS/c5-4-6-1-3(2-7)8-4/h3,7H,1-2H2,(H2,5,6). The van der Waals surface area contributed by atoms with Crippen molar-refractivity contribution in [1.82, 2.24) is 0 Å². The summed E-state index contributed by atoms with van der Waals surface area (Å²) in [6, 6.07) is 0. The van der Waals surface area contributed by atoms with Gasteiger partial charge in [-0.1, -0.05) is 11.8 Å². The lowest BCUT2D eigenvalue weighted by molar-refractivity contribution is 0.297. The molecule has 3 nitrogen and oxygen atoms in total. The average molecular weight is 132 g/mol. The summed E-state index contributed by atoms with van der Waals surface area (Å²) in [5.41, 5.74) is 5.30. The maximum absolute atomic E-state index is 8.53. The van der Waals surface area contributed by atoms with Gasteiger partial charge in [0.2, 0.25) is 0 Å². The van der Waals surface area contributed by atoms with Gasteiger partial charge in [-0.25, -0.2) is 0 Å². The predicted molar refractivity (Wildman–Crippen MR) is 35.0 cm³/mol. The van der Waals surface area contributed by atoms with Crippen molar-refractivity contribution in [3.05, 3.63) is 0 Å². The van der Waals surface area contributed by atoms with Gasteiger partial charge in [0.25, 0.3) is 0 Å². The lowest BCUT2D eigenvalue weighted by atomic mass is 10.4. The first-order chi connectivity index (χ1) is 3.83. The van der Waals surface area contributed by atoms with Crippen molar-refractivity contribution >= 4 is 16.9 Å². The van der Waals surface area contributed by atoms with Crippen LogP contribution in [-0.4, -0.2) is 28.7 Å². The van der Waals surface area contributed by atoms with Crippen LogP contribution in [0.4, 0.5) is 0 Å². The number of hydrogen-bond acceptors (Lipinski definition) is 4. The molecule has 0 bridgehead atoms. The second-order valence-corrected chi connectivity index (χ2v) is 2.92. The summed E-state index contributed by atoms with van der Waals surface area (Å²) in [4.78, 5) is 3.89. The summed E-state index contributed by atoms with van der Waals surface area (Å²) in [6.45, 7) is 0.849. The molecule has 1 atom stereocenters. The molecule has 46 valence electrons. The van der Waals surface area contributed by atoms with Gasteiger partial charge >= 0.3 is 0 Å². The molecule has 3 N–H and O–H groups in total. The van der Waals surface area contributed by atoms with E-state index in [1.165, 1.54) is 11.8 Å². The highest BCUT2D eigenvalue weighted by Gasteiger charge is 2.15. The number of amidine groups is 1. The van der Waals surface area contributed by atoms with Gasteiger partial charge in [0.15, 0.2) is 5.17 Å². The number of aliphatic hydroxyl groups excluding tert-OH is 1. The van der Waals surface area contributed by atoms with Crippen LogP contribution in [0.1, 0.15) is 0 Å². The van der Waals surface area contributed by atoms with Crippen molar-refractivity contribution in [3.63, 3.8) is 0 Å². The van der Waals surface area contributed by atoms with E-state index in [1.54, 1.807) is 0 Å². The largest absolute Gasteiger partial charge is 0.395 e. The van der Waals surface area contributed by atoms with E-state index < -0.39 is 0 Å². The molecule has 4 heteroatoms. The van der Waals surface area contributed by atoms with Crippen molar-refractivity contribution < 1.29 is 5.11 Å². The molecule has 1 aliphatic rings. The minimum Gasteiger partial charge on any atom is -0.395 e. The molecule has 0 saturated heterocycles. The summed E-state index contributed by atoms with van der Waals surface area (Å²) in [6.07, 6.45) is 0. The van der Waals surface area contributed by atoms with E-state index in [2.05, 4.69) is 4.99 Å². The number of thioether (sulfide) groups is 1. The van der Waals surface area contributed by atoms with E-state index in [0.29, 0.717) is 11.7 Å². The zero-order valence-corrected chi connectivity index (χ0v) is 5.19. The van der Waals surface area contributed by atoms with Crippen molar-refractivity contribution in [3.8, 4) is 0 Å². The molecule has 1 aliphatic heterocycles. The van der Waals surface area contributed by atoms with Crippen LogP contribution in [0, 0.1) is 0 Å². The van der Waals surface area contributed by atoms with Crippen LogP contribution in [0.15, 0.2) is 4.99 Å². The molecule has 0 radical (unpaired) electrons. The molecule has 1 unspecified atom stereocenters. The smallest absolute Gasteiger partial charge is 0.154 e. The van der Waals surface area contributed by atoms with Crippen molar-refractivity contribution in [1.29, 1.82) is 0 Å². The first-order valence-electron chi connectivity index (χ1n) is 2.40. The Labute approximate surface area is 52.0 Å².